The van der Waals surface area contributed by atoms with Gasteiger partial charge >= 0.3 is 0 Å². The van der Waals surface area contributed by atoms with Gasteiger partial charge < -0.3 is 0 Å². The molecule has 1 heterocycles. The Balaban J connectivity index is 2.72. The van der Waals surface area contributed by atoms with Crippen molar-refractivity contribution in [3.63, 3.8) is 0 Å². The molecule has 0 radical (unpaired) electrons. The molecule has 0 N–H and O–H groups in total. The van der Waals surface area contributed by atoms with E-state index in [4.69, 9.17) is 5.26 Å². The van der Waals surface area contributed by atoms with Gasteiger partial charge in [0.2, 0.25) is 11.8 Å². The van der Waals surface area contributed by atoms with Crippen LogP contribution in [-0.4, -0.2) is 23.3 Å². The van der Waals surface area contributed by atoms with Gasteiger partial charge in [-0.3, -0.25) is 14.5 Å². The van der Waals surface area contributed by atoms with Crippen molar-refractivity contribution in [2.24, 2.45) is 11.3 Å². The molecular weight excluding hydrogens is 192 g/mol. The number of carbonyl (C=O) groups excluding carboxylic acids is 2. The van der Waals surface area contributed by atoms with E-state index in [0.717, 1.165) is 0 Å². The molecule has 1 fully saturated rings. The summed E-state index contributed by atoms with van der Waals surface area (Å²) in [6.45, 7) is 5.76. The molecule has 1 atom stereocenters. The second kappa shape index (κ2) is 4.01. The summed E-state index contributed by atoms with van der Waals surface area (Å²) in [5.41, 5.74) is -0.236. The molecule has 0 aromatic carbocycles. The first-order valence-electron chi connectivity index (χ1n) is 5.08. The Morgan fingerprint density at radius 2 is 1.87 bits per heavy atom. The molecule has 4 heteroatoms. The molecular formula is C11H16N2O2. The van der Waals surface area contributed by atoms with Crippen molar-refractivity contribution in [3.05, 3.63) is 0 Å². The highest BCUT2D eigenvalue weighted by Gasteiger charge is 2.37. The second-order valence-corrected chi connectivity index (χ2v) is 4.95. The maximum Gasteiger partial charge on any atom is 0.229 e. The number of nitriles is 1. The highest BCUT2D eigenvalue weighted by atomic mass is 16.2. The SMILES string of the molecule is CC(C#N)CN1C(=O)CC(C)(C)CC1=O. The van der Waals surface area contributed by atoms with E-state index in [1.54, 1.807) is 6.92 Å². The fourth-order valence-corrected chi connectivity index (χ4v) is 1.73. The van der Waals surface area contributed by atoms with E-state index in [-0.39, 0.29) is 29.7 Å². The molecule has 0 aromatic rings. The van der Waals surface area contributed by atoms with Gasteiger partial charge in [0.25, 0.3) is 0 Å². The molecule has 0 aliphatic carbocycles. The van der Waals surface area contributed by atoms with Crippen LogP contribution in [0.2, 0.25) is 0 Å². The van der Waals surface area contributed by atoms with Gasteiger partial charge in [-0.15, -0.1) is 0 Å². The summed E-state index contributed by atoms with van der Waals surface area (Å²) >= 11 is 0. The van der Waals surface area contributed by atoms with Crippen LogP contribution in [0.15, 0.2) is 0 Å². The van der Waals surface area contributed by atoms with Crippen molar-refractivity contribution < 1.29 is 9.59 Å². The van der Waals surface area contributed by atoms with E-state index < -0.39 is 0 Å². The Morgan fingerprint density at radius 3 is 2.27 bits per heavy atom. The fraction of sp³-hybridized carbons (Fsp3) is 0.727. The van der Waals surface area contributed by atoms with E-state index in [1.165, 1.54) is 4.90 Å². The van der Waals surface area contributed by atoms with Crippen molar-refractivity contribution in [1.29, 1.82) is 5.26 Å². The maximum atomic E-state index is 11.7. The zero-order valence-corrected chi connectivity index (χ0v) is 9.41. The quantitative estimate of drug-likeness (QED) is 0.643. The minimum absolute atomic E-state index is 0.154. The number of hydrogen-bond donors (Lipinski definition) is 0. The highest BCUT2D eigenvalue weighted by molar-refractivity contribution is 5.98. The van der Waals surface area contributed by atoms with Gasteiger partial charge in [-0.2, -0.15) is 5.26 Å². The highest BCUT2D eigenvalue weighted by Crippen LogP contribution is 2.31. The summed E-state index contributed by atoms with van der Waals surface area (Å²) < 4.78 is 0. The van der Waals surface area contributed by atoms with Crippen molar-refractivity contribution in [1.82, 2.24) is 4.90 Å². The van der Waals surface area contributed by atoms with Crippen LogP contribution >= 0.6 is 0 Å². The molecule has 1 saturated heterocycles. The van der Waals surface area contributed by atoms with Crippen LogP contribution in [0.1, 0.15) is 33.6 Å². The lowest BCUT2D eigenvalue weighted by atomic mass is 9.81. The molecule has 0 aromatic heterocycles. The van der Waals surface area contributed by atoms with Gasteiger partial charge in [-0.05, 0) is 12.3 Å². The number of rotatable bonds is 2. The van der Waals surface area contributed by atoms with Gasteiger partial charge in [-0.1, -0.05) is 13.8 Å². The molecule has 2 amide bonds. The van der Waals surface area contributed by atoms with Gasteiger partial charge in [-0.25, -0.2) is 0 Å². The number of imide groups is 1. The zero-order valence-electron chi connectivity index (χ0n) is 9.41. The number of hydrogen-bond acceptors (Lipinski definition) is 3. The molecule has 0 spiro atoms. The third-order valence-electron chi connectivity index (χ3n) is 2.54. The summed E-state index contributed by atoms with van der Waals surface area (Å²) in [5, 5.41) is 8.64. The Labute approximate surface area is 89.9 Å². The van der Waals surface area contributed by atoms with Crippen LogP contribution in [0.4, 0.5) is 0 Å². The van der Waals surface area contributed by atoms with Crippen LogP contribution < -0.4 is 0 Å². The van der Waals surface area contributed by atoms with Crippen LogP contribution in [0.25, 0.3) is 0 Å². The topological polar surface area (TPSA) is 61.2 Å². The Bertz CT molecular complexity index is 308. The maximum absolute atomic E-state index is 11.7. The largest absolute Gasteiger partial charge is 0.281 e. The normalized spacial score (nSPS) is 22.4. The summed E-state index contributed by atoms with van der Waals surface area (Å²) in [6.07, 6.45) is 0.772. The molecule has 4 nitrogen and oxygen atoms in total. The zero-order chi connectivity index (χ0) is 11.6. The second-order valence-electron chi connectivity index (χ2n) is 4.95. The monoisotopic (exact) mass is 208 g/mol. The molecule has 1 rings (SSSR count). The van der Waals surface area contributed by atoms with Crippen molar-refractivity contribution >= 4 is 11.8 Å². The molecule has 0 saturated carbocycles. The van der Waals surface area contributed by atoms with Crippen molar-refractivity contribution in [3.8, 4) is 6.07 Å². The molecule has 1 unspecified atom stereocenters. The molecule has 1 aliphatic heterocycles. The van der Waals surface area contributed by atoms with Crippen LogP contribution in [0.5, 0.6) is 0 Å². The van der Waals surface area contributed by atoms with Crippen LogP contribution in [0.3, 0.4) is 0 Å². The lowest BCUT2D eigenvalue weighted by Crippen LogP contribution is -2.47. The first-order chi connectivity index (χ1) is 6.85. The number of piperidine rings is 1. The van der Waals surface area contributed by atoms with Crippen LogP contribution in [-0.2, 0) is 9.59 Å². The molecule has 1 aliphatic rings. The van der Waals surface area contributed by atoms with Crippen molar-refractivity contribution in [2.75, 3.05) is 6.54 Å². The summed E-state index contributed by atoms with van der Waals surface area (Å²) in [4.78, 5) is 24.6. The van der Waals surface area contributed by atoms with Crippen molar-refractivity contribution in [2.45, 2.75) is 33.6 Å². The minimum Gasteiger partial charge on any atom is -0.281 e. The molecule has 15 heavy (non-hydrogen) atoms. The number of nitrogens with zero attached hydrogens (tertiary/aromatic N) is 2. The predicted octanol–water partition coefficient (Wildman–Crippen LogP) is 1.32. The first kappa shape index (κ1) is 11.7. The standard InChI is InChI=1S/C11H16N2O2/c1-8(6-12)7-13-9(14)4-11(2,3)5-10(13)15/h8H,4-5,7H2,1-3H3. The lowest BCUT2D eigenvalue weighted by Gasteiger charge is -2.35. The smallest absolute Gasteiger partial charge is 0.229 e. The van der Waals surface area contributed by atoms with Gasteiger partial charge in [0.1, 0.15) is 0 Å². The van der Waals surface area contributed by atoms with Gasteiger partial charge in [0.05, 0.1) is 12.0 Å². The average molecular weight is 208 g/mol. The summed E-state index contributed by atoms with van der Waals surface area (Å²) in [7, 11) is 0. The Morgan fingerprint density at radius 1 is 1.40 bits per heavy atom. The third-order valence-corrected chi connectivity index (χ3v) is 2.54. The Kier molecular flexibility index (Phi) is 3.13. The number of likely N-dealkylation sites (tertiary alicyclic amines) is 1. The third kappa shape index (κ3) is 2.79. The summed E-state index contributed by atoms with van der Waals surface area (Å²) in [6, 6.07) is 2.03. The first-order valence-corrected chi connectivity index (χ1v) is 5.08. The Hall–Kier alpha value is -1.37. The van der Waals surface area contributed by atoms with Gasteiger partial charge in [0.15, 0.2) is 0 Å². The average Bonchev–Trinajstić information content (AvgIpc) is 2.09. The van der Waals surface area contributed by atoms with Gasteiger partial charge in [0, 0.05) is 19.4 Å². The minimum atomic E-state index is -0.292. The molecule has 82 valence electrons. The van der Waals surface area contributed by atoms with E-state index >= 15 is 0 Å². The molecule has 0 bridgehead atoms. The number of amides is 2. The summed E-state index contributed by atoms with van der Waals surface area (Å²) in [5.74, 6) is -0.601. The lowest BCUT2D eigenvalue weighted by molar-refractivity contribution is -0.152. The van der Waals surface area contributed by atoms with E-state index in [0.29, 0.717) is 12.8 Å². The van der Waals surface area contributed by atoms with E-state index in [1.807, 2.05) is 19.9 Å². The van der Waals surface area contributed by atoms with E-state index in [2.05, 4.69) is 0 Å². The fourth-order valence-electron chi connectivity index (χ4n) is 1.73. The predicted molar refractivity (Wildman–Crippen MR) is 54.5 cm³/mol. The van der Waals surface area contributed by atoms with E-state index in [9.17, 15) is 9.59 Å². The van der Waals surface area contributed by atoms with Crippen LogP contribution in [0, 0.1) is 22.7 Å². The number of carbonyl (C=O) groups is 2.